The summed E-state index contributed by atoms with van der Waals surface area (Å²) in [5.74, 6) is -1.33. The second kappa shape index (κ2) is 5.72. The Kier molecular flexibility index (Phi) is 4.03. The van der Waals surface area contributed by atoms with Crippen LogP contribution >= 0.6 is 11.7 Å². The summed E-state index contributed by atoms with van der Waals surface area (Å²) >= 11 is 1.07. The fourth-order valence-electron chi connectivity index (χ4n) is 1.43. The van der Waals surface area contributed by atoms with E-state index in [4.69, 9.17) is 5.11 Å². The summed E-state index contributed by atoms with van der Waals surface area (Å²) in [5, 5.41) is 14.0. The van der Waals surface area contributed by atoms with Gasteiger partial charge in [0.05, 0.1) is 24.0 Å². The van der Waals surface area contributed by atoms with Crippen molar-refractivity contribution in [2.75, 3.05) is 11.9 Å². The minimum absolute atomic E-state index is 0.0819. The first-order valence-electron chi connectivity index (χ1n) is 5.55. The van der Waals surface area contributed by atoms with Crippen molar-refractivity contribution in [3.8, 4) is 0 Å². The zero-order valence-corrected chi connectivity index (χ0v) is 10.9. The summed E-state index contributed by atoms with van der Waals surface area (Å²) in [5.41, 5.74) is 1.92. The van der Waals surface area contributed by atoms with Crippen LogP contribution in [0.1, 0.15) is 6.92 Å². The molecule has 0 saturated heterocycles. The minimum atomic E-state index is -1.00. The maximum Gasteiger partial charge on any atom is 0.320 e. The highest BCUT2D eigenvalue weighted by Gasteiger charge is 2.13. The third-order valence-corrected chi connectivity index (χ3v) is 3.04. The van der Waals surface area contributed by atoms with Crippen LogP contribution in [0.3, 0.4) is 0 Å². The molecule has 0 aliphatic carbocycles. The number of fused-ring (bicyclic) bond motifs is 1. The number of aromatic nitrogens is 2. The van der Waals surface area contributed by atoms with Gasteiger partial charge in [0.2, 0.25) is 5.91 Å². The molecule has 1 atom stereocenters. The first-order valence-corrected chi connectivity index (χ1v) is 6.28. The summed E-state index contributed by atoms with van der Waals surface area (Å²) in [4.78, 5) is 22.3. The number of amides is 1. The van der Waals surface area contributed by atoms with Crippen molar-refractivity contribution in [2.24, 2.45) is 0 Å². The van der Waals surface area contributed by atoms with E-state index in [-0.39, 0.29) is 12.5 Å². The van der Waals surface area contributed by atoms with Crippen molar-refractivity contribution < 1.29 is 14.7 Å². The fraction of sp³-hybridized carbons (Fsp3) is 0.273. The van der Waals surface area contributed by atoms with E-state index >= 15 is 0 Å². The number of rotatable bonds is 5. The van der Waals surface area contributed by atoms with Gasteiger partial charge in [-0.2, -0.15) is 8.75 Å². The third kappa shape index (κ3) is 3.24. The number of carboxylic acids is 1. The highest BCUT2D eigenvalue weighted by atomic mass is 32.1. The lowest BCUT2D eigenvalue weighted by Crippen LogP contribution is -2.39. The van der Waals surface area contributed by atoms with Crippen molar-refractivity contribution >= 4 is 40.3 Å². The van der Waals surface area contributed by atoms with E-state index < -0.39 is 12.0 Å². The molecular formula is C11H12N4O3S. The monoisotopic (exact) mass is 280 g/mol. The fourth-order valence-corrected chi connectivity index (χ4v) is 1.98. The highest BCUT2D eigenvalue weighted by molar-refractivity contribution is 7.00. The van der Waals surface area contributed by atoms with Crippen LogP contribution in [0.5, 0.6) is 0 Å². The van der Waals surface area contributed by atoms with Gasteiger partial charge in [0.1, 0.15) is 17.1 Å². The Bertz CT molecular complexity index is 613. The van der Waals surface area contributed by atoms with Crippen molar-refractivity contribution in [3.63, 3.8) is 0 Å². The summed E-state index contributed by atoms with van der Waals surface area (Å²) < 4.78 is 8.17. The van der Waals surface area contributed by atoms with Gasteiger partial charge in [0.25, 0.3) is 0 Å². The molecule has 0 saturated carbocycles. The van der Waals surface area contributed by atoms with Gasteiger partial charge in [-0.3, -0.25) is 14.9 Å². The number of benzene rings is 1. The number of hydrogen-bond acceptors (Lipinski definition) is 6. The number of carbonyl (C=O) groups excluding carboxylic acids is 1. The zero-order valence-electron chi connectivity index (χ0n) is 10.1. The molecule has 3 N–H and O–H groups in total. The molecule has 7 nitrogen and oxygen atoms in total. The maximum atomic E-state index is 11.7. The number of anilines is 1. The normalized spacial score (nSPS) is 12.3. The van der Waals surface area contributed by atoms with E-state index in [1.54, 1.807) is 18.2 Å². The van der Waals surface area contributed by atoms with Crippen LogP contribution in [0.2, 0.25) is 0 Å². The molecule has 0 bridgehead atoms. The number of hydrogen-bond donors (Lipinski definition) is 3. The quantitative estimate of drug-likeness (QED) is 0.744. The van der Waals surface area contributed by atoms with Crippen molar-refractivity contribution in [1.29, 1.82) is 0 Å². The summed E-state index contributed by atoms with van der Waals surface area (Å²) in [6.45, 7) is 1.39. The van der Waals surface area contributed by atoms with Crippen LogP contribution in [0.25, 0.3) is 11.0 Å². The number of carbonyl (C=O) groups is 2. The Morgan fingerprint density at radius 3 is 2.95 bits per heavy atom. The van der Waals surface area contributed by atoms with Gasteiger partial charge in [-0.1, -0.05) is 6.07 Å². The first kappa shape index (κ1) is 13.4. The number of nitrogens with one attached hydrogen (secondary N) is 2. The molecule has 0 aliphatic heterocycles. The molecule has 1 heterocycles. The van der Waals surface area contributed by atoms with Crippen LogP contribution in [0, 0.1) is 0 Å². The molecule has 2 aromatic rings. The molecule has 0 spiro atoms. The largest absolute Gasteiger partial charge is 0.480 e. The highest BCUT2D eigenvalue weighted by Crippen LogP contribution is 2.20. The van der Waals surface area contributed by atoms with Gasteiger partial charge in [-0.15, -0.1) is 0 Å². The van der Waals surface area contributed by atoms with E-state index in [1.807, 2.05) is 0 Å². The summed E-state index contributed by atoms with van der Waals surface area (Å²) in [6.07, 6.45) is 0. The third-order valence-electron chi connectivity index (χ3n) is 2.50. The lowest BCUT2D eigenvalue weighted by atomic mass is 10.2. The van der Waals surface area contributed by atoms with Gasteiger partial charge in [0, 0.05) is 0 Å². The Labute approximate surface area is 113 Å². The average molecular weight is 280 g/mol. The molecule has 19 heavy (non-hydrogen) atoms. The molecule has 0 radical (unpaired) electrons. The lowest BCUT2D eigenvalue weighted by Gasteiger charge is -2.09. The molecule has 2 rings (SSSR count). The predicted molar refractivity (Wildman–Crippen MR) is 71.1 cm³/mol. The van der Waals surface area contributed by atoms with E-state index in [9.17, 15) is 9.59 Å². The minimum Gasteiger partial charge on any atom is -0.480 e. The summed E-state index contributed by atoms with van der Waals surface area (Å²) in [7, 11) is 0. The number of aliphatic carboxylic acids is 1. The van der Waals surface area contributed by atoms with E-state index in [0.717, 1.165) is 17.2 Å². The van der Waals surface area contributed by atoms with Gasteiger partial charge in [-0.05, 0) is 19.1 Å². The molecule has 1 aromatic heterocycles. The second-order valence-electron chi connectivity index (χ2n) is 3.93. The molecular weight excluding hydrogens is 268 g/mol. The van der Waals surface area contributed by atoms with Crippen LogP contribution in [0.15, 0.2) is 18.2 Å². The molecule has 1 amide bonds. The molecule has 0 aliphatic rings. The van der Waals surface area contributed by atoms with Crippen LogP contribution in [0.4, 0.5) is 5.69 Å². The Hall–Kier alpha value is -2.06. The SMILES string of the molecule is C[C@@H](NCC(=O)Nc1cccc2nsnc12)C(=O)O. The second-order valence-corrected chi connectivity index (χ2v) is 4.45. The van der Waals surface area contributed by atoms with Gasteiger partial charge in [0.15, 0.2) is 0 Å². The smallest absolute Gasteiger partial charge is 0.320 e. The van der Waals surface area contributed by atoms with E-state index in [0.29, 0.717) is 11.2 Å². The van der Waals surface area contributed by atoms with Crippen molar-refractivity contribution in [3.05, 3.63) is 18.2 Å². The molecule has 1 aromatic carbocycles. The lowest BCUT2D eigenvalue weighted by molar-refractivity contribution is -0.139. The first-order chi connectivity index (χ1) is 9.08. The Balaban J connectivity index is 1.99. The molecule has 0 fully saturated rings. The van der Waals surface area contributed by atoms with Crippen molar-refractivity contribution in [1.82, 2.24) is 14.1 Å². The zero-order chi connectivity index (χ0) is 13.8. The van der Waals surface area contributed by atoms with Gasteiger partial charge >= 0.3 is 5.97 Å². The summed E-state index contributed by atoms with van der Waals surface area (Å²) in [6, 6.07) is 4.52. The predicted octanol–water partition coefficient (Wildman–Crippen LogP) is 0.692. The number of carboxylic acid groups (broad SMARTS) is 1. The van der Waals surface area contributed by atoms with Crippen LogP contribution < -0.4 is 10.6 Å². The average Bonchev–Trinajstić information content (AvgIpc) is 2.85. The molecule has 8 heteroatoms. The van der Waals surface area contributed by atoms with Gasteiger partial charge in [-0.25, -0.2) is 0 Å². The van der Waals surface area contributed by atoms with Crippen LogP contribution in [-0.2, 0) is 9.59 Å². The molecule has 100 valence electrons. The van der Waals surface area contributed by atoms with E-state index in [2.05, 4.69) is 19.4 Å². The topological polar surface area (TPSA) is 104 Å². The standard InChI is InChI=1S/C11H12N4O3S/c1-6(11(17)18)12-5-9(16)13-7-3-2-4-8-10(7)15-19-14-8/h2-4,6,12H,5H2,1H3,(H,13,16)(H,17,18)/t6-/m1/s1. The van der Waals surface area contributed by atoms with Crippen LogP contribution in [-0.4, -0.2) is 38.3 Å². The molecule has 0 unspecified atom stereocenters. The Morgan fingerprint density at radius 1 is 1.42 bits per heavy atom. The van der Waals surface area contributed by atoms with Gasteiger partial charge < -0.3 is 10.4 Å². The number of nitrogens with zero attached hydrogens (tertiary/aromatic N) is 2. The van der Waals surface area contributed by atoms with Crippen molar-refractivity contribution in [2.45, 2.75) is 13.0 Å². The van der Waals surface area contributed by atoms with E-state index in [1.165, 1.54) is 6.92 Å². The Morgan fingerprint density at radius 2 is 2.21 bits per heavy atom. The maximum absolute atomic E-state index is 11.7.